The van der Waals surface area contributed by atoms with E-state index in [1.54, 1.807) is 19.2 Å². The summed E-state index contributed by atoms with van der Waals surface area (Å²) >= 11 is 0. The molecule has 1 aliphatic carbocycles. The first kappa shape index (κ1) is 21.1. The SMILES string of the molecule is Cc1cc(Nc2cnn(C3CC(F)(F)C3)c2)c(C(=O)NC[C@@H](F)C(C)(C)O)cn1. The predicted octanol–water partition coefficient (Wildman–Crippen LogP) is 3.14. The van der Waals surface area contributed by atoms with Gasteiger partial charge >= 0.3 is 0 Å². The normalized spacial score (nSPS) is 17.5. The maximum atomic E-state index is 13.9. The van der Waals surface area contributed by atoms with Crippen LogP contribution in [0.25, 0.3) is 0 Å². The smallest absolute Gasteiger partial charge is 0.255 e. The molecule has 0 aromatic carbocycles. The molecule has 2 aromatic heterocycles. The lowest BCUT2D eigenvalue weighted by atomic mass is 9.88. The fraction of sp³-hybridized carbons (Fsp3) is 0.526. The van der Waals surface area contributed by atoms with Crippen molar-refractivity contribution in [2.24, 2.45) is 0 Å². The highest BCUT2D eigenvalue weighted by molar-refractivity contribution is 6.00. The zero-order valence-corrected chi connectivity index (χ0v) is 16.4. The number of aromatic nitrogens is 3. The molecular formula is C19H24F3N5O2. The third-order valence-corrected chi connectivity index (χ3v) is 4.82. The van der Waals surface area contributed by atoms with Gasteiger partial charge in [-0.05, 0) is 26.8 Å². The van der Waals surface area contributed by atoms with Crippen LogP contribution in [-0.2, 0) is 0 Å². The highest BCUT2D eigenvalue weighted by Crippen LogP contribution is 2.45. The van der Waals surface area contributed by atoms with Crippen molar-refractivity contribution in [3.05, 3.63) is 35.9 Å². The van der Waals surface area contributed by atoms with Gasteiger partial charge in [0.2, 0.25) is 0 Å². The van der Waals surface area contributed by atoms with Crippen LogP contribution in [0.15, 0.2) is 24.7 Å². The summed E-state index contributed by atoms with van der Waals surface area (Å²) in [6.45, 7) is 4.03. The van der Waals surface area contributed by atoms with E-state index in [9.17, 15) is 23.1 Å². The molecule has 0 unspecified atom stereocenters. The van der Waals surface area contributed by atoms with Gasteiger partial charge in [0, 0.05) is 30.9 Å². The Kier molecular flexibility index (Phi) is 5.57. The lowest BCUT2D eigenvalue weighted by Gasteiger charge is -2.34. The third kappa shape index (κ3) is 5.06. The summed E-state index contributed by atoms with van der Waals surface area (Å²) in [6.07, 6.45) is 2.31. The molecule has 7 nitrogen and oxygen atoms in total. The Bertz CT molecular complexity index is 886. The lowest BCUT2D eigenvalue weighted by Crippen LogP contribution is -2.42. The summed E-state index contributed by atoms with van der Waals surface area (Å²) in [5.41, 5.74) is 0.204. The first-order valence-corrected chi connectivity index (χ1v) is 9.25. The Balaban J connectivity index is 1.71. The van der Waals surface area contributed by atoms with E-state index in [-0.39, 0.29) is 31.0 Å². The average Bonchev–Trinajstić information content (AvgIpc) is 3.04. The maximum Gasteiger partial charge on any atom is 0.255 e. The van der Waals surface area contributed by atoms with Crippen molar-refractivity contribution in [2.45, 2.75) is 57.3 Å². The number of amides is 1. The van der Waals surface area contributed by atoms with Crippen LogP contribution in [0, 0.1) is 6.92 Å². The van der Waals surface area contributed by atoms with Crippen LogP contribution in [0.5, 0.6) is 0 Å². The second-order valence-electron chi connectivity index (χ2n) is 7.95. The van der Waals surface area contributed by atoms with Gasteiger partial charge in [-0.3, -0.25) is 14.5 Å². The number of hydrogen-bond donors (Lipinski definition) is 3. The molecule has 0 spiro atoms. The molecule has 1 amide bonds. The van der Waals surface area contributed by atoms with Crippen LogP contribution in [0.3, 0.4) is 0 Å². The third-order valence-electron chi connectivity index (χ3n) is 4.82. The first-order chi connectivity index (χ1) is 13.4. The van der Waals surface area contributed by atoms with Gasteiger partial charge in [0.1, 0.15) is 6.17 Å². The molecule has 0 aliphatic heterocycles. The standard InChI is InChI=1S/C19H24F3N5O2/c1-11-4-15(14(8-23-11)17(28)24-9-16(20)18(2,3)29)26-12-7-25-27(10-12)13-5-19(21,22)6-13/h4,7-8,10,13,16,29H,5-6,9H2,1-3H3,(H,23,26)(H,24,28)/t16-/m1/s1. The molecule has 3 rings (SSSR count). The van der Waals surface area contributed by atoms with Crippen LogP contribution in [0.2, 0.25) is 0 Å². The number of nitrogens with one attached hydrogen (secondary N) is 2. The number of rotatable bonds is 7. The van der Waals surface area contributed by atoms with Gasteiger partial charge < -0.3 is 15.7 Å². The van der Waals surface area contributed by atoms with Crippen molar-refractivity contribution in [3.8, 4) is 0 Å². The number of anilines is 2. The highest BCUT2D eigenvalue weighted by Gasteiger charge is 2.46. The minimum absolute atomic E-state index is 0.182. The number of nitrogens with zero attached hydrogens (tertiary/aromatic N) is 3. The van der Waals surface area contributed by atoms with Gasteiger partial charge in [0.15, 0.2) is 0 Å². The molecule has 1 fully saturated rings. The zero-order valence-electron chi connectivity index (χ0n) is 16.4. The Labute approximate surface area is 166 Å². The van der Waals surface area contributed by atoms with E-state index in [0.717, 1.165) is 0 Å². The van der Waals surface area contributed by atoms with Crippen LogP contribution >= 0.6 is 0 Å². The monoisotopic (exact) mass is 411 g/mol. The molecule has 29 heavy (non-hydrogen) atoms. The van der Waals surface area contributed by atoms with Gasteiger partial charge in [0.05, 0.1) is 41.3 Å². The summed E-state index contributed by atoms with van der Waals surface area (Å²) in [5, 5.41) is 19.2. The fourth-order valence-electron chi connectivity index (χ4n) is 2.95. The van der Waals surface area contributed by atoms with Crippen molar-refractivity contribution < 1.29 is 23.1 Å². The molecular weight excluding hydrogens is 387 g/mol. The molecule has 158 valence electrons. The number of carbonyl (C=O) groups excluding carboxylic acids is 1. The predicted molar refractivity (Wildman–Crippen MR) is 101 cm³/mol. The average molecular weight is 411 g/mol. The van der Waals surface area contributed by atoms with Crippen molar-refractivity contribution in [2.75, 3.05) is 11.9 Å². The van der Waals surface area contributed by atoms with Crippen LogP contribution in [0.1, 0.15) is 48.8 Å². The maximum absolute atomic E-state index is 13.9. The minimum atomic E-state index is -2.64. The van der Waals surface area contributed by atoms with E-state index in [1.165, 1.54) is 30.9 Å². The quantitative estimate of drug-likeness (QED) is 0.651. The molecule has 0 radical (unpaired) electrons. The highest BCUT2D eigenvalue weighted by atomic mass is 19.3. The van der Waals surface area contributed by atoms with E-state index in [1.807, 2.05) is 0 Å². The lowest BCUT2D eigenvalue weighted by molar-refractivity contribution is -0.106. The van der Waals surface area contributed by atoms with Gasteiger partial charge in [-0.15, -0.1) is 0 Å². The zero-order chi connectivity index (χ0) is 21.4. The van der Waals surface area contributed by atoms with E-state index >= 15 is 0 Å². The van der Waals surface area contributed by atoms with E-state index in [0.29, 0.717) is 17.1 Å². The molecule has 1 atom stereocenters. The second-order valence-corrected chi connectivity index (χ2v) is 7.95. The summed E-state index contributed by atoms with van der Waals surface area (Å²) in [5.74, 6) is -3.20. The Hall–Kier alpha value is -2.62. The molecule has 1 saturated carbocycles. The van der Waals surface area contributed by atoms with Gasteiger partial charge in [-0.2, -0.15) is 5.10 Å². The first-order valence-electron chi connectivity index (χ1n) is 9.25. The molecule has 0 saturated heterocycles. The Morgan fingerprint density at radius 2 is 2.10 bits per heavy atom. The molecule has 2 aromatic rings. The molecule has 0 bridgehead atoms. The molecule has 2 heterocycles. The van der Waals surface area contributed by atoms with E-state index < -0.39 is 23.6 Å². The second kappa shape index (κ2) is 7.66. The minimum Gasteiger partial charge on any atom is -0.387 e. The van der Waals surface area contributed by atoms with E-state index in [2.05, 4.69) is 20.7 Å². The molecule has 1 aliphatic rings. The van der Waals surface area contributed by atoms with Crippen LogP contribution in [-0.4, -0.2) is 50.0 Å². The fourth-order valence-corrected chi connectivity index (χ4v) is 2.95. The number of pyridine rings is 1. The van der Waals surface area contributed by atoms with Crippen molar-refractivity contribution in [1.82, 2.24) is 20.1 Å². The number of aliphatic hydroxyl groups is 1. The number of alkyl halides is 3. The molecule has 10 heteroatoms. The summed E-state index contributed by atoms with van der Waals surface area (Å²) in [4.78, 5) is 16.6. The number of aryl methyl sites for hydroxylation is 1. The number of hydrogen-bond acceptors (Lipinski definition) is 5. The largest absolute Gasteiger partial charge is 0.387 e. The number of carbonyl (C=O) groups is 1. The summed E-state index contributed by atoms with van der Waals surface area (Å²) < 4.78 is 41.5. The Morgan fingerprint density at radius 1 is 1.41 bits per heavy atom. The topological polar surface area (TPSA) is 92.1 Å². The van der Waals surface area contributed by atoms with Crippen molar-refractivity contribution in [1.29, 1.82) is 0 Å². The van der Waals surface area contributed by atoms with Crippen LogP contribution in [0.4, 0.5) is 24.5 Å². The summed E-state index contributed by atoms with van der Waals surface area (Å²) in [7, 11) is 0. The van der Waals surface area contributed by atoms with Gasteiger partial charge in [0.25, 0.3) is 11.8 Å². The summed E-state index contributed by atoms with van der Waals surface area (Å²) in [6, 6.07) is 1.29. The van der Waals surface area contributed by atoms with Crippen molar-refractivity contribution >= 4 is 17.3 Å². The van der Waals surface area contributed by atoms with Gasteiger partial charge in [-0.25, -0.2) is 13.2 Å². The van der Waals surface area contributed by atoms with Crippen LogP contribution < -0.4 is 10.6 Å². The van der Waals surface area contributed by atoms with Gasteiger partial charge in [-0.1, -0.05) is 0 Å². The number of halogens is 3. The van der Waals surface area contributed by atoms with E-state index in [4.69, 9.17) is 0 Å². The van der Waals surface area contributed by atoms with Crippen molar-refractivity contribution in [3.63, 3.8) is 0 Å². The molecule has 3 N–H and O–H groups in total. The Morgan fingerprint density at radius 3 is 2.72 bits per heavy atom.